The van der Waals surface area contributed by atoms with Gasteiger partial charge in [-0.15, -0.1) is 0 Å². The third-order valence-corrected chi connectivity index (χ3v) is 11.9. The van der Waals surface area contributed by atoms with Crippen LogP contribution in [0.5, 0.6) is 0 Å². The van der Waals surface area contributed by atoms with Crippen molar-refractivity contribution in [2.75, 3.05) is 13.2 Å². The number of alkyl halides is 3. The molecule has 14 nitrogen and oxygen atoms in total. The van der Waals surface area contributed by atoms with E-state index in [2.05, 4.69) is 10.6 Å². The Hall–Kier alpha value is -4.03. The van der Waals surface area contributed by atoms with Crippen molar-refractivity contribution in [3.05, 3.63) is 51.8 Å². The Morgan fingerprint density at radius 2 is 1.69 bits per heavy atom. The largest absolute Gasteiger partial charge is 0.494 e. The first kappa shape index (κ1) is 47.6. The molecule has 2 aliphatic carbocycles. The predicted octanol–water partition coefficient (Wildman–Crippen LogP) is 6.61. The number of ether oxygens (including phenoxy) is 3. The van der Waals surface area contributed by atoms with Gasteiger partial charge in [-0.2, -0.15) is 21.6 Å². The summed E-state index contributed by atoms with van der Waals surface area (Å²) in [5.41, 5.74) is -3.65. The van der Waals surface area contributed by atoms with Crippen LogP contribution in [0.3, 0.4) is 0 Å². The molecule has 1 heterocycles. The highest BCUT2D eigenvalue weighted by Gasteiger charge is 2.62. The van der Waals surface area contributed by atoms with Crippen LogP contribution in [0.2, 0.25) is 5.02 Å². The van der Waals surface area contributed by atoms with Crippen molar-refractivity contribution in [1.82, 2.24) is 20.3 Å². The molecule has 3 aliphatic rings. The summed E-state index contributed by atoms with van der Waals surface area (Å²) in [7, 11) is -4.50. The molecular weight excluding hydrogens is 821 g/mol. The van der Waals surface area contributed by atoms with Crippen LogP contribution in [0.15, 0.2) is 35.6 Å². The van der Waals surface area contributed by atoms with Crippen LogP contribution in [-0.4, -0.2) is 91.9 Å². The minimum absolute atomic E-state index is 0.0947. The summed E-state index contributed by atoms with van der Waals surface area (Å²) in [4.78, 5) is 56.9. The van der Waals surface area contributed by atoms with Crippen molar-refractivity contribution in [2.45, 2.75) is 143 Å². The van der Waals surface area contributed by atoms with E-state index in [4.69, 9.17) is 30.0 Å². The molecule has 2 saturated carbocycles. The van der Waals surface area contributed by atoms with Crippen LogP contribution in [0.1, 0.15) is 106 Å². The average molecular weight is 877 g/mol. The summed E-state index contributed by atoms with van der Waals surface area (Å²) >= 11 is 6.52. The van der Waals surface area contributed by atoms with Crippen LogP contribution in [-0.2, 0) is 43.1 Å². The van der Waals surface area contributed by atoms with Gasteiger partial charge in [0, 0.05) is 23.1 Å². The van der Waals surface area contributed by atoms with Crippen LogP contribution < -0.4 is 15.4 Å². The zero-order valence-corrected chi connectivity index (χ0v) is 36.7. The van der Waals surface area contributed by atoms with Crippen LogP contribution >= 0.6 is 11.6 Å². The van der Waals surface area contributed by atoms with E-state index in [0.29, 0.717) is 67.4 Å². The maximum atomic E-state index is 14.7. The number of alkyl carbamates (subject to hydrolysis) is 1. The monoisotopic (exact) mass is 876 g/mol. The normalized spacial score (nSPS) is 22.8. The molecule has 1 aromatic rings. The lowest BCUT2D eigenvalue weighted by Gasteiger charge is -2.36. The number of rotatable bonds is 16. The molecule has 330 valence electrons. The lowest BCUT2D eigenvalue weighted by molar-refractivity contribution is -0.244. The third-order valence-electron chi connectivity index (χ3n) is 10.5. The zero-order chi connectivity index (χ0) is 44.5. The smallest absolute Gasteiger partial charge is 0.427 e. The molecule has 4 amide bonds. The number of allylic oxidation sites excluding steroid dienone is 2. The standard InChI is InChI=1S/C40H56ClF3N4O10S/c1-11-24-20-39(24,35(51)47-59(53,54)58-25-16-17-25)46-33(49)29-18-26(56-31(19-30(22(3)4)55-12-2)27-14-13-15-28(41)23(27)5)21-48(29)34(50)32(37(6,7)8)45-36(52)57-38(9,10)40(42,43)44/h13-15,19,24-26,29,32H,11-12,16-18,20-21H2,1-10H3,(H,45,52)(H,46,49)(H,47,51)/b31-19+/t24?,26-,29?,32-,39-/m1/s1. The van der Waals surface area contributed by atoms with Crippen molar-refractivity contribution < 1.29 is 59.2 Å². The molecule has 3 N–H and O–H groups in total. The molecule has 2 unspecified atom stereocenters. The number of carbonyl (C=O) groups excluding carboxylic acids is 4. The maximum Gasteiger partial charge on any atom is 0.427 e. The SMILES string of the molecule is CCOC(/C=C(/O[C@@H]1CC(C(=O)N[C@]2(C(=O)NS(=O)(=O)OC3CC3)CC2CC)N(C(=O)[C@@H](NC(=O)OC(C)(C)C(F)(F)F)C(C)(C)C)C1)c1cccc(Cl)c1C)=C(C)C. The van der Waals surface area contributed by atoms with Crippen molar-refractivity contribution in [2.24, 2.45) is 11.3 Å². The van der Waals surface area contributed by atoms with Gasteiger partial charge in [-0.1, -0.05) is 57.8 Å². The predicted molar refractivity (Wildman–Crippen MR) is 213 cm³/mol. The van der Waals surface area contributed by atoms with Crippen molar-refractivity contribution in [1.29, 1.82) is 0 Å². The molecule has 0 spiro atoms. The molecule has 3 fully saturated rings. The molecule has 5 atom stereocenters. The highest BCUT2D eigenvalue weighted by atomic mass is 35.5. The van der Waals surface area contributed by atoms with Gasteiger partial charge in [0.2, 0.25) is 17.4 Å². The van der Waals surface area contributed by atoms with E-state index >= 15 is 0 Å². The van der Waals surface area contributed by atoms with Crippen molar-refractivity contribution >= 4 is 51.5 Å². The highest BCUT2D eigenvalue weighted by molar-refractivity contribution is 7.85. The second-order valence-electron chi connectivity index (χ2n) is 17.0. The van der Waals surface area contributed by atoms with Gasteiger partial charge in [-0.05, 0) is 89.3 Å². The van der Waals surface area contributed by atoms with Gasteiger partial charge in [-0.25, -0.2) is 9.52 Å². The topological polar surface area (TPSA) is 179 Å². The number of nitrogens with one attached hydrogen (secondary N) is 3. The minimum atomic E-state index is -4.93. The maximum absolute atomic E-state index is 14.7. The number of benzene rings is 1. The lowest BCUT2D eigenvalue weighted by atomic mass is 9.85. The summed E-state index contributed by atoms with van der Waals surface area (Å²) in [6.45, 7) is 15.2. The molecule has 1 aliphatic heterocycles. The quantitative estimate of drug-likeness (QED) is 0.121. The fourth-order valence-electron chi connectivity index (χ4n) is 6.65. The fourth-order valence-corrected chi connectivity index (χ4v) is 7.83. The average Bonchev–Trinajstić information content (AvgIpc) is 4.02. The van der Waals surface area contributed by atoms with Gasteiger partial charge in [0.25, 0.3) is 5.91 Å². The molecule has 1 aromatic carbocycles. The Morgan fingerprint density at radius 3 is 2.22 bits per heavy atom. The van der Waals surface area contributed by atoms with Gasteiger partial charge < -0.3 is 29.7 Å². The number of nitrogens with zero attached hydrogens (tertiary/aromatic N) is 1. The van der Waals surface area contributed by atoms with E-state index in [0.717, 1.165) is 10.5 Å². The summed E-state index contributed by atoms with van der Waals surface area (Å²) < 4.78 is 90.4. The molecule has 59 heavy (non-hydrogen) atoms. The second-order valence-corrected chi connectivity index (χ2v) is 18.7. The number of halogens is 4. The van der Waals surface area contributed by atoms with E-state index < -0.39 is 87.1 Å². The van der Waals surface area contributed by atoms with Crippen LogP contribution in [0.25, 0.3) is 5.76 Å². The van der Waals surface area contributed by atoms with Gasteiger partial charge in [0.1, 0.15) is 35.2 Å². The fraction of sp³-hybridized carbons (Fsp3) is 0.650. The zero-order valence-electron chi connectivity index (χ0n) is 35.1. The van der Waals surface area contributed by atoms with E-state index in [1.54, 1.807) is 58.9 Å². The minimum Gasteiger partial charge on any atom is -0.494 e. The summed E-state index contributed by atoms with van der Waals surface area (Å²) in [6, 6.07) is 2.30. The summed E-state index contributed by atoms with van der Waals surface area (Å²) in [5, 5.41) is 5.45. The third kappa shape index (κ3) is 11.6. The molecule has 0 radical (unpaired) electrons. The van der Waals surface area contributed by atoms with E-state index in [-0.39, 0.29) is 19.4 Å². The van der Waals surface area contributed by atoms with E-state index in [1.807, 2.05) is 25.5 Å². The van der Waals surface area contributed by atoms with Crippen LogP contribution in [0, 0.1) is 18.3 Å². The highest BCUT2D eigenvalue weighted by Crippen LogP contribution is 2.47. The number of carbonyl (C=O) groups is 4. The molecule has 0 aromatic heterocycles. The lowest BCUT2D eigenvalue weighted by Crippen LogP contribution is -2.60. The number of hydrogen-bond acceptors (Lipinski definition) is 10. The Labute approximate surface area is 349 Å². The first-order chi connectivity index (χ1) is 27.2. The van der Waals surface area contributed by atoms with Gasteiger partial charge >= 0.3 is 22.6 Å². The first-order valence-electron chi connectivity index (χ1n) is 19.5. The Bertz CT molecular complexity index is 1960. The Kier molecular flexibility index (Phi) is 14.5. The van der Waals surface area contributed by atoms with Crippen LogP contribution in [0.4, 0.5) is 18.0 Å². The van der Waals surface area contributed by atoms with Gasteiger partial charge in [0.05, 0.1) is 19.3 Å². The van der Waals surface area contributed by atoms with Crippen molar-refractivity contribution in [3.8, 4) is 0 Å². The van der Waals surface area contributed by atoms with Crippen molar-refractivity contribution in [3.63, 3.8) is 0 Å². The van der Waals surface area contributed by atoms with Gasteiger partial charge in [0.15, 0.2) is 0 Å². The molecule has 19 heteroatoms. The summed E-state index contributed by atoms with van der Waals surface area (Å²) in [6.07, 6.45) is -4.88. The molecular formula is C40H56ClF3N4O10S. The number of amides is 4. The Balaban J connectivity index is 1.74. The second kappa shape index (κ2) is 17.9. The molecule has 0 bridgehead atoms. The number of hydrogen-bond donors (Lipinski definition) is 3. The summed E-state index contributed by atoms with van der Waals surface area (Å²) in [5.74, 6) is -2.35. The Morgan fingerprint density at radius 1 is 1.05 bits per heavy atom. The number of likely N-dealkylation sites (tertiary alicyclic amines) is 1. The molecule has 4 rings (SSSR count). The van der Waals surface area contributed by atoms with E-state index in [9.17, 15) is 40.8 Å². The van der Waals surface area contributed by atoms with E-state index in [1.165, 1.54) is 0 Å². The van der Waals surface area contributed by atoms with Gasteiger partial charge in [-0.3, -0.25) is 18.6 Å². The first-order valence-corrected chi connectivity index (χ1v) is 21.3. The molecule has 1 saturated heterocycles.